The Hall–Kier alpha value is -3.71. The van der Waals surface area contributed by atoms with E-state index in [-0.39, 0.29) is 47.1 Å². The summed E-state index contributed by atoms with van der Waals surface area (Å²) in [5.41, 5.74) is -1.14. The Morgan fingerprint density at radius 1 is 1.04 bits per heavy atom. The molecule has 2 fully saturated rings. The molecule has 238 valence electrons. The van der Waals surface area contributed by atoms with Crippen molar-refractivity contribution in [2.24, 2.45) is 0 Å². The van der Waals surface area contributed by atoms with Gasteiger partial charge in [0.15, 0.2) is 0 Å². The highest BCUT2D eigenvalue weighted by molar-refractivity contribution is 7.93. The topological polar surface area (TPSA) is 124 Å². The first kappa shape index (κ1) is 31.3. The van der Waals surface area contributed by atoms with Crippen molar-refractivity contribution in [1.82, 2.24) is 19.7 Å². The van der Waals surface area contributed by atoms with Gasteiger partial charge in [-0.1, -0.05) is 35.9 Å². The van der Waals surface area contributed by atoms with Gasteiger partial charge in [-0.05, 0) is 63.2 Å². The average molecular weight is 654 g/mol. The van der Waals surface area contributed by atoms with Gasteiger partial charge in [-0.25, -0.2) is 22.5 Å². The van der Waals surface area contributed by atoms with Crippen LogP contribution in [0.2, 0.25) is 5.02 Å². The second-order valence-corrected chi connectivity index (χ2v) is 13.9. The molecule has 3 aliphatic rings. The van der Waals surface area contributed by atoms with Crippen molar-refractivity contribution in [1.29, 1.82) is 0 Å². The Kier molecular flexibility index (Phi) is 8.51. The maximum Gasteiger partial charge on any atom is 0.407 e. The summed E-state index contributed by atoms with van der Waals surface area (Å²) in [6.45, 7) is 5.51. The summed E-state index contributed by atoms with van der Waals surface area (Å²) < 4.78 is 35.5. The number of halogens is 1. The summed E-state index contributed by atoms with van der Waals surface area (Å²) in [6.07, 6.45) is 1.20. The number of carbonyl (C=O) groups excluding carboxylic acids is 1. The van der Waals surface area contributed by atoms with Gasteiger partial charge in [0.2, 0.25) is 5.88 Å². The van der Waals surface area contributed by atoms with Crippen LogP contribution in [0.25, 0.3) is 0 Å². The van der Waals surface area contributed by atoms with Gasteiger partial charge in [-0.3, -0.25) is 9.69 Å². The highest BCUT2D eigenvalue weighted by atomic mass is 35.5. The van der Waals surface area contributed by atoms with E-state index in [4.69, 9.17) is 16.3 Å². The van der Waals surface area contributed by atoms with Crippen LogP contribution in [0.4, 0.5) is 10.5 Å². The number of amides is 2. The molecule has 0 spiro atoms. The summed E-state index contributed by atoms with van der Waals surface area (Å²) in [4.78, 5) is 38.6. The van der Waals surface area contributed by atoms with E-state index in [1.165, 1.54) is 35.4 Å². The molecule has 0 aliphatic carbocycles. The molecule has 4 heterocycles. The summed E-state index contributed by atoms with van der Waals surface area (Å²) in [5.74, 6) is -0.668. The van der Waals surface area contributed by atoms with Crippen LogP contribution in [0.1, 0.15) is 30.9 Å². The monoisotopic (exact) mass is 653 g/mol. The quantitative estimate of drug-likeness (QED) is 0.404. The van der Waals surface area contributed by atoms with E-state index in [1.54, 1.807) is 43.3 Å². The van der Waals surface area contributed by atoms with E-state index in [9.17, 15) is 18.3 Å². The molecule has 3 aromatic rings. The SMILES string of the molecule is CCOc1ncccc1C1(C2CC(N3CCN(C)CC3)CCN2C(=O)O)C(=O)N(S(=O)(=O)c2ccccc2)c2ccc(Cl)cc21. The standard InChI is InChI=1S/C32H36ClN5O6S/c1-3-44-29-25(10-7-14-34-29)32(28-21-23(13-15-37(28)31(40)41)36-18-16-35(2)17-19-36)26-20-22(33)11-12-27(26)38(30(32)39)45(42,43)24-8-5-4-6-9-24/h4-12,14,20,23,28H,3,13,15-19,21H2,1-2H3,(H,40,41). The predicted octanol–water partition coefficient (Wildman–Crippen LogP) is 3.91. The molecule has 0 saturated carbocycles. The lowest BCUT2D eigenvalue weighted by atomic mass is 9.66. The lowest BCUT2D eigenvalue weighted by Gasteiger charge is -2.50. The molecule has 1 aromatic heterocycles. The molecule has 0 radical (unpaired) electrons. The summed E-state index contributed by atoms with van der Waals surface area (Å²) in [7, 11) is -2.37. The maximum absolute atomic E-state index is 15.3. The Balaban J connectivity index is 1.62. The van der Waals surface area contributed by atoms with Crippen molar-refractivity contribution in [3.63, 3.8) is 0 Å². The van der Waals surface area contributed by atoms with Gasteiger partial charge in [0, 0.05) is 61.1 Å². The third-order valence-corrected chi connectivity index (χ3v) is 11.2. The molecular formula is C32H36ClN5O6S. The van der Waals surface area contributed by atoms with Gasteiger partial charge in [0.1, 0.15) is 5.41 Å². The number of carbonyl (C=O) groups is 2. The van der Waals surface area contributed by atoms with Crippen molar-refractivity contribution in [3.8, 4) is 5.88 Å². The van der Waals surface area contributed by atoms with Crippen LogP contribution in [-0.2, 0) is 20.2 Å². The number of rotatable bonds is 7. The largest absolute Gasteiger partial charge is 0.478 e. The number of nitrogens with zero attached hydrogens (tertiary/aromatic N) is 5. The van der Waals surface area contributed by atoms with Crippen LogP contribution in [0.15, 0.2) is 71.8 Å². The normalized spacial score (nSPS) is 24.5. The zero-order chi connectivity index (χ0) is 31.9. The number of likely N-dealkylation sites (N-methyl/N-ethyl adjacent to an activating group) is 1. The minimum Gasteiger partial charge on any atom is -0.478 e. The Morgan fingerprint density at radius 3 is 2.47 bits per heavy atom. The van der Waals surface area contributed by atoms with Crippen LogP contribution in [0.5, 0.6) is 5.88 Å². The molecule has 13 heteroatoms. The molecule has 3 atom stereocenters. The van der Waals surface area contributed by atoms with E-state index in [1.807, 2.05) is 0 Å². The molecule has 2 saturated heterocycles. The molecule has 2 amide bonds. The highest BCUT2D eigenvalue weighted by Crippen LogP contribution is 2.55. The minimum absolute atomic E-state index is 0.0430. The number of carboxylic acid groups (broad SMARTS) is 1. The van der Waals surface area contributed by atoms with Crippen molar-refractivity contribution in [2.75, 3.05) is 50.7 Å². The van der Waals surface area contributed by atoms with Gasteiger partial charge in [-0.2, -0.15) is 0 Å². The first-order valence-electron chi connectivity index (χ1n) is 15.1. The smallest absolute Gasteiger partial charge is 0.407 e. The fourth-order valence-electron chi connectivity index (χ4n) is 7.13. The second kappa shape index (κ2) is 12.2. The van der Waals surface area contributed by atoms with Gasteiger partial charge in [0.25, 0.3) is 15.9 Å². The van der Waals surface area contributed by atoms with Crippen LogP contribution in [-0.4, -0.2) is 104 Å². The Bertz CT molecular complexity index is 1700. The number of aromatic nitrogens is 1. The molecule has 2 aromatic carbocycles. The summed E-state index contributed by atoms with van der Waals surface area (Å²) >= 11 is 6.60. The molecule has 3 unspecified atom stereocenters. The van der Waals surface area contributed by atoms with Gasteiger partial charge in [0.05, 0.1) is 23.2 Å². The number of ether oxygens (including phenoxy) is 1. The number of piperidine rings is 1. The fourth-order valence-corrected chi connectivity index (χ4v) is 8.80. The zero-order valence-electron chi connectivity index (χ0n) is 25.2. The number of piperazine rings is 1. The number of hydrogen-bond acceptors (Lipinski definition) is 8. The second-order valence-electron chi connectivity index (χ2n) is 11.7. The van der Waals surface area contributed by atoms with Crippen LogP contribution in [0.3, 0.4) is 0 Å². The average Bonchev–Trinajstić information content (AvgIpc) is 3.30. The van der Waals surface area contributed by atoms with E-state index in [2.05, 4.69) is 21.8 Å². The lowest BCUT2D eigenvalue weighted by Crippen LogP contribution is -2.64. The van der Waals surface area contributed by atoms with E-state index >= 15 is 4.79 Å². The summed E-state index contributed by atoms with van der Waals surface area (Å²) in [5, 5.41) is 10.9. The van der Waals surface area contributed by atoms with E-state index in [0.29, 0.717) is 17.5 Å². The predicted molar refractivity (Wildman–Crippen MR) is 169 cm³/mol. The Labute approximate surface area is 268 Å². The highest BCUT2D eigenvalue weighted by Gasteiger charge is 2.64. The van der Waals surface area contributed by atoms with E-state index in [0.717, 1.165) is 30.5 Å². The van der Waals surface area contributed by atoms with Gasteiger partial charge in [-0.15, -0.1) is 0 Å². The van der Waals surface area contributed by atoms with Crippen molar-refractivity contribution in [2.45, 2.75) is 42.2 Å². The van der Waals surface area contributed by atoms with Gasteiger partial charge < -0.3 is 19.6 Å². The molecule has 3 aliphatic heterocycles. The molecular weight excluding hydrogens is 618 g/mol. The first-order chi connectivity index (χ1) is 21.6. The molecule has 45 heavy (non-hydrogen) atoms. The third-order valence-electron chi connectivity index (χ3n) is 9.26. The number of likely N-dealkylation sites (tertiary alicyclic amines) is 1. The lowest BCUT2D eigenvalue weighted by molar-refractivity contribution is -0.123. The number of anilines is 1. The Morgan fingerprint density at radius 2 is 1.78 bits per heavy atom. The number of hydrogen-bond donors (Lipinski definition) is 1. The van der Waals surface area contributed by atoms with Crippen LogP contribution in [0, 0.1) is 0 Å². The number of benzene rings is 2. The molecule has 1 N–H and O–H groups in total. The minimum atomic E-state index is -4.44. The molecule has 6 rings (SSSR count). The fraction of sp³-hybridized carbons (Fsp3) is 0.406. The third kappa shape index (κ3) is 5.23. The van der Waals surface area contributed by atoms with Crippen molar-refractivity contribution in [3.05, 3.63) is 83.0 Å². The molecule has 11 nitrogen and oxygen atoms in total. The number of pyridine rings is 1. The maximum atomic E-state index is 15.3. The van der Waals surface area contributed by atoms with Gasteiger partial charge >= 0.3 is 6.09 Å². The number of sulfonamides is 1. The van der Waals surface area contributed by atoms with Crippen molar-refractivity contribution >= 4 is 39.3 Å². The molecule has 0 bridgehead atoms. The van der Waals surface area contributed by atoms with E-state index < -0.39 is 33.5 Å². The summed E-state index contributed by atoms with van der Waals surface area (Å²) in [6, 6.07) is 14.6. The van der Waals surface area contributed by atoms with Crippen LogP contribution < -0.4 is 9.04 Å². The number of fused-ring (bicyclic) bond motifs is 1. The first-order valence-corrected chi connectivity index (χ1v) is 16.9. The van der Waals surface area contributed by atoms with Crippen LogP contribution >= 0.6 is 11.6 Å². The van der Waals surface area contributed by atoms with Crippen molar-refractivity contribution < 1.29 is 27.9 Å². The zero-order valence-corrected chi connectivity index (χ0v) is 26.7.